The van der Waals surface area contributed by atoms with E-state index in [0.717, 1.165) is 11.7 Å². The Hall–Kier alpha value is -1.61. The largest absolute Gasteiger partial charge is 0.444 e. The molecule has 1 aromatic heterocycles. The van der Waals surface area contributed by atoms with Crippen LogP contribution in [0.2, 0.25) is 0 Å². The number of benzene rings is 1. The molecule has 0 amide bonds. The zero-order valence-electron chi connectivity index (χ0n) is 13.0. The van der Waals surface area contributed by atoms with Gasteiger partial charge in [-0.2, -0.15) is 0 Å². The molecule has 2 atom stereocenters. The van der Waals surface area contributed by atoms with Gasteiger partial charge in [0.2, 0.25) is 5.89 Å². The van der Waals surface area contributed by atoms with E-state index >= 15 is 0 Å². The standard InChI is InChI=1S/C17H24N2O/c1-11(2)15-6-8-16(9-7-15)13(4)19-14(5)17-18-10-12(3)20-17/h6-11,13-14,19H,1-5H3. The van der Waals surface area contributed by atoms with Crippen LogP contribution >= 0.6 is 0 Å². The first-order chi connectivity index (χ1) is 9.47. The van der Waals surface area contributed by atoms with Crippen LogP contribution in [-0.2, 0) is 0 Å². The third kappa shape index (κ3) is 3.48. The van der Waals surface area contributed by atoms with Gasteiger partial charge in [0.1, 0.15) is 5.76 Å². The smallest absolute Gasteiger partial charge is 0.211 e. The predicted molar refractivity (Wildman–Crippen MR) is 81.7 cm³/mol. The molecule has 2 unspecified atom stereocenters. The van der Waals surface area contributed by atoms with Crippen molar-refractivity contribution in [3.05, 3.63) is 53.2 Å². The molecule has 0 aliphatic carbocycles. The number of rotatable bonds is 5. The normalized spacial score (nSPS) is 14.5. The van der Waals surface area contributed by atoms with Gasteiger partial charge in [-0.05, 0) is 37.8 Å². The number of hydrogen-bond donors (Lipinski definition) is 1. The first kappa shape index (κ1) is 14.8. The second-order valence-corrected chi connectivity index (χ2v) is 5.74. The maximum Gasteiger partial charge on any atom is 0.211 e. The Labute approximate surface area is 121 Å². The van der Waals surface area contributed by atoms with Crippen LogP contribution in [0.1, 0.15) is 68.5 Å². The highest BCUT2D eigenvalue weighted by molar-refractivity contribution is 5.26. The van der Waals surface area contributed by atoms with E-state index in [1.807, 2.05) is 6.92 Å². The number of hydrogen-bond acceptors (Lipinski definition) is 3. The fourth-order valence-corrected chi connectivity index (χ4v) is 2.28. The summed E-state index contributed by atoms with van der Waals surface area (Å²) in [5.74, 6) is 2.16. The molecular weight excluding hydrogens is 248 g/mol. The molecule has 0 radical (unpaired) electrons. The summed E-state index contributed by atoms with van der Waals surface area (Å²) in [7, 11) is 0. The monoisotopic (exact) mass is 272 g/mol. The van der Waals surface area contributed by atoms with Crippen LogP contribution in [0.4, 0.5) is 0 Å². The topological polar surface area (TPSA) is 38.1 Å². The molecule has 0 bridgehead atoms. The summed E-state index contributed by atoms with van der Waals surface area (Å²) < 4.78 is 5.56. The highest BCUT2D eigenvalue weighted by atomic mass is 16.4. The van der Waals surface area contributed by atoms with Gasteiger partial charge >= 0.3 is 0 Å². The minimum atomic E-state index is 0.100. The molecule has 0 spiro atoms. The van der Waals surface area contributed by atoms with Gasteiger partial charge in [-0.25, -0.2) is 4.98 Å². The Kier molecular flexibility index (Phi) is 4.61. The van der Waals surface area contributed by atoms with Gasteiger partial charge < -0.3 is 4.42 Å². The summed E-state index contributed by atoms with van der Waals surface area (Å²) in [5, 5.41) is 3.52. The second kappa shape index (κ2) is 6.23. The molecule has 1 aromatic carbocycles. The third-order valence-corrected chi connectivity index (χ3v) is 3.61. The Morgan fingerprint density at radius 1 is 0.950 bits per heavy atom. The minimum absolute atomic E-state index is 0.100. The fraction of sp³-hybridized carbons (Fsp3) is 0.471. The first-order valence-corrected chi connectivity index (χ1v) is 7.25. The van der Waals surface area contributed by atoms with Gasteiger partial charge in [-0.3, -0.25) is 5.32 Å². The second-order valence-electron chi connectivity index (χ2n) is 5.74. The quantitative estimate of drug-likeness (QED) is 0.869. The Balaban J connectivity index is 2.02. The van der Waals surface area contributed by atoms with Crippen molar-refractivity contribution < 1.29 is 4.42 Å². The van der Waals surface area contributed by atoms with E-state index in [0.29, 0.717) is 5.92 Å². The van der Waals surface area contributed by atoms with Crippen LogP contribution in [0.3, 0.4) is 0 Å². The number of oxazole rings is 1. The number of nitrogens with zero attached hydrogens (tertiary/aromatic N) is 1. The van der Waals surface area contributed by atoms with Crippen molar-refractivity contribution in [2.24, 2.45) is 0 Å². The molecule has 0 saturated heterocycles. The van der Waals surface area contributed by atoms with E-state index in [1.165, 1.54) is 11.1 Å². The average Bonchev–Trinajstić information content (AvgIpc) is 2.85. The highest BCUT2D eigenvalue weighted by Crippen LogP contribution is 2.21. The molecule has 20 heavy (non-hydrogen) atoms. The van der Waals surface area contributed by atoms with Gasteiger partial charge in [0.05, 0.1) is 12.2 Å². The van der Waals surface area contributed by atoms with Gasteiger partial charge in [-0.15, -0.1) is 0 Å². The Morgan fingerprint density at radius 3 is 2.05 bits per heavy atom. The number of aryl methyl sites for hydroxylation is 1. The van der Waals surface area contributed by atoms with Crippen molar-refractivity contribution in [3.63, 3.8) is 0 Å². The van der Waals surface area contributed by atoms with Gasteiger partial charge in [-0.1, -0.05) is 38.1 Å². The fourth-order valence-electron chi connectivity index (χ4n) is 2.28. The average molecular weight is 272 g/mol. The molecule has 2 aromatic rings. The van der Waals surface area contributed by atoms with Crippen molar-refractivity contribution in [1.82, 2.24) is 10.3 Å². The van der Waals surface area contributed by atoms with E-state index in [-0.39, 0.29) is 12.1 Å². The zero-order chi connectivity index (χ0) is 14.7. The maximum absolute atomic E-state index is 5.56. The molecule has 0 saturated carbocycles. The van der Waals surface area contributed by atoms with Crippen molar-refractivity contribution in [3.8, 4) is 0 Å². The first-order valence-electron chi connectivity index (χ1n) is 7.25. The van der Waals surface area contributed by atoms with Crippen molar-refractivity contribution in [2.45, 2.75) is 52.6 Å². The molecule has 2 rings (SSSR count). The zero-order valence-corrected chi connectivity index (χ0v) is 13.0. The van der Waals surface area contributed by atoms with E-state index in [9.17, 15) is 0 Å². The molecule has 1 heterocycles. The van der Waals surface area contributed by atoms with E-state index in [4.69, 9.17) is 4.42 Å². The van der Waals surface area contributed by atoms with Crippen molar-refractivity contribution >= 4 is 0 Å². The summed E-state index contributed by atoms with van der Waals surface area (Å²) in [5.41, 5.74) is 2.65. The molecule has 108 valence electrons. The SMILES string of the molecule is Cc1cnc(C(C)NC(C)c2ccc(C(C)C)cc2)o1. The minimum Gasteiger partial charge on any atom is -0.444 e. The lowest BCUT2D eigenvalue weighted by Crippen LogP contribution is -2.22. The summed E-state index contributed by atoms with van der Waals surface area (Å²) in [6, 6.07) is 9.17. The van der Waals surface area contributed by atoms with Crippen LogP contribution in [0, 0.1) is 6.92 Å². The van der Waals surface area contributed by atoms with Gasteiger partial charge in [0.15, 0.2) is 0 Å². The Bertz CT molecular complexity index is 542. The van der Waals surface area contributed by atoms with E-state index < -0.39 is 0 Å². The lowest BCUT2D eigenvalue weighted by Gasteiger charge is -2.19. The molecule has 0 aliphatic heterocycles. The van der Waals surface area contributed by atoms with Crippen LogP contribution in [-0.4, -0.2) is 4.98 Å². The molecule has 0 fully saturated rings. The third-order valence-electron chi connectivity index (χ3n) is 3.61. The maximum atomic E-state index is 5.56. The molecule has 3 heteroatoms. The van der Waals surface area contributed by atoms with Crippen molar-refractivity contribution in [1.29, 1.82) is 0 Å². The summed E-state index contributed by atoms with van der Waals surface area (Å²) in [4.78, 5) is 4.27. The summed E-state index contributed by atoms with van der Waals surface area (Å²) in [6.07, 6.45) is 1.76. The summed E-state index contributed by atoms with van der Waals surface area (Å²) >= 11 is 0. The molecule has 3 nitrogen and oxygen atoms in total. The van der Waals surface area contributed by atoms with E-state index in [1.54, 1.807) is 6.20 Å². The predicted octanol–water partition coefficient (Wildman–Crippen LogP) is 4.52. The molecule has 1 N–H and O–H groups in total. The lowest BCUT2D eigenvalue weighted by molar-refractivity contribution is 0.380. The highest BCUT2D eigenvalue weighted by Gasteiger charge is 2.15. The van der Waals surface area contributed by atoms with Crippen LogP contribution < -0.4 is 5.32 Å². The number of nitrogens with one attached hydrogen (secondary N) is 1. The lowest BCUT2D eigenvalue weighted by atomic mass is 9.99. The van der Waals surface area contributed by atoms with Gasteiger partial charge in [0, 0.05) is 6.04 Å². The van der Waals surface area contributed by atoms with Crippen molar-refractivity contribution in [2.75, 3.05) is 0 Å². The number of aromatic nitrogens is 1. The van der Waals surface area contributed by atoms with Crippen LogP contribution in [0.5, 0.6) is 0 Å². The Morgan fingerprint density at radius 2 is 1.55 bits per heavy atom. The van der Waals surface area contributed by atoms with E-state index in [2.05, 4.69) is 62.3 Å². The van der Waals surface area contributed by atoms with Crippen LogP contribution in [0.15, 0.2) is 34.9 Å². The van der Waals surface area contributed by atoms with Crippen LogP contribution in [0.25, 0.3) is 0 Å². The molecule has 0 aliphatic rings. The molecular formula is C17H24N2O. The summed E-state index contributed by atoms with van der Waals surface area (Å²) in [6.45, 7) is 10.6. The van der Waals surface area contributed by atoms with Gasteiger partial charge in [0.25, 0.3) is 0 Å².